The molecule has 0 atom stereocenters. The predicted octanol–water partition coefficient (Wildman–Crippen LogP) is 6.22. The molecule has 3 heterocycles. The summed E-state index contributed by atoms with van der Waals surface area (Å²) >= 11 is 12.6. The van der Waals surface area contributed by atoms with Gasteiger partial charge in [-0.15, -0.1) is 0 Å². The minimum absolute atomic E-state index is 0.0681. The van der Waals surface area contributed by atoms with Crippen LogP contribution in [0.3, 0.4) is 0 Å². The van der Waals surface area contributed by atoms with Crippen molar-refractivity contribution in [1.82, 2.24) is 24.8 Å². The first-order chi connectivity index (χ1) is 22.4. The zero-order valence-corrected chi connectivity index (χ0v) is 26.5. The molecule has 0 unspecified atom stereocenters. The smallest absolute Gasteiger partial charge is 0.337 e. The predicted molar refractivity (Wildman–Crippen MR) is 178 cm³/mol. The minimum atomic E-state index is -1.15. The molecule has 0 spiro atoms. The number of hydrogen-bond acceptors (Lipinski definition) is 8. The molecular formula is C34H33Cl2N5O5. The summed E-state index contributed by atoms with van der Waals surface area (Å²) in [7, 11) is 0. The lowest BCUT2D eigenvalue weighted by molar-refractivity contribution is 0.0564. The van der Waals surface area contributed by atoms with Crippen LogP contribution >= 0.6 is 23.2 Å². The van der Waals surface area contributed by atoms with Crippen molar-refractivity contribution in [2.45, 2.75) is 6.54 Å². The van der Waals surface area contributed by atoms with Gasteiger partial charge in [-0.05, 0) is 41.0 Å². The van der Waals surface area contributed by atoms with E-state index in [1.165, 1.54) is 17.7 Å². The van der Waals surface area contributed by atoms with Crippen LogP contribution in [0.25, 0.3) is 33.5 Å². The van der Waals surface area contributed by atoms with E-state index >= 15 is 0 Å². The Morgan fingerprint density at radius 1 is 0.826 bits per heavy atom. The Labute approximate surface area is 276 Å². The molecule has 1 saturated heterocycles. The number of nitrogens with zero attached hydrogens (tertiary/aromatic N) is 4. The van der Waals surface area contributed by atoms with Gasteiger partial charge in [0, 0.05) is 44.8 Å². The zero-order valence-electron chi connectivity index (χ0n) is 25.0. The van der Waals surface area contributed by atoms with E-state index in [4.69, 9.17) is 37.8 Å². The number of carboxylic acids is 1. The molecule has 3 aromatic carbocycles. The van der Waals surface area contributed by atoms with Gasteiger partial charge in [-0.1, -0.05) is 71.7 Å². The Bertz CT molecular complexity index is 1810. The van der Waals surface area contributed by atoms with Crippen molar-refractivity contribution in [1.29, 1.82) is 0 Å². The Hall–Kier alpha value is -4.03. The number of carbonyl (C=O) groups is 1. The number of aromatic carboxylic acids is 1. The van der Waals surface area contributed by atoms with E-state index < -0.39 is 5.97 Å². The Kier molecular flexibility index (Phi) is 10.1. The highest BCUT2D eigenvalue weighted by atomic mass is 35.5. The summed E-state index contributed by atoms with van der Waals surface area (Å²) in [6.07, 6.45) is 0. The van der Waals surface area contributed by atoms with Gasteiger partial charge in [0.15, 0.2) is 5.65 Å². The molecule has 1 fully saturated rings. The maximum Gasteiger partial charge on any atom is 0.337 e. The summed E-state index contributed by atoms with van der Waals surface area (Å²) in [5.74, 6) is -0.882. The number of piperazine rings is 1. The largest absolute Gasteiger partial charge is 0.478 e. The highest BCUT2D eigenvalue weighted by Gasteiger charge is 2.17. The number of aromatic amines is 1. The van der Waals surface area contributed by atoms with E-state index in [-0.39, 0.29) is 29.0 Å². The third-order valence-corrected chi connectivity index (χ3v) is 8.51. The number of hydrogen-bond donors (Lipinski definition) is 3. The quantitative estimate of drug-likeness (QED) is 0.134. The standard InChI is InChI=1S/C34H33Cl2N5O5/c35-28-10-9-26(19-27(28)33(43)44)46-34-37-30-20-29(36)31(38-32(30)39-34)25-7-5-24(6-8-25)23-3-1-22(2-4-23)21-41-13-11-40(12-14-41)15-17-45-18-16-42/h1-10,19-20,42H,11-18,21H2,(H,43,44)(H,37,38,39). The first-order valence-corrected chi connectivity index (χ1v) is 15.7. The van der Waals surface area contributed by atoms with Gasteiger partial charge < -0.3 is 24.7 Å². The molecule has 10 nitrogen and oxygen atoms in total. The van der Waals surface area contributed by atoms with Crippen LogP contribution in [0.1, 0.15) is 15.9 Å². The third kappa shape index (κ3) is 7.67. The van der Waals surface area contributed by atoms with Gasteiger partial charge in [0.2, 0.25) is 0 Å². The molecule has 0 radical (unpaired) electrons. The number of ether oxygens (including phenoxy) is 2. The number of aliphatic hydroxyl groups is 1. The summed E-state index contributed by atoms with van der Waals surface area (Å²) in [6.45, 7) is 7.04. The number of benzene rings is 3. The summed E-state index contributed by atoms with van der Waals surface area (Å²) in [6, 6.07) is 23.0. The van der Waals surface area contributed by atoms with Crippen molar-refractivity contribution in [3.05, 3.63) is 94.0 Å². The number of rotatable bonds is 12. The van der Waals surface area contributed by atoms with Crippen LogP contribution in [0, 0.1) is 0 Å². The van der Waals surface area contributed by atoms with Gasteiger partial charge in [0.25, 0.3) is 0 Å². The van der Waals surface area contributed by atoms with Crippen molar-refractivity contribution >= 4 is 40.3 Å². The number of nitrogens with one attached hydrogen (secondary N) is 1. The SMILES string of the molecule is O=C(O)c1cc(Oc2nc3nc(-c4ccc(-c5ccc(CN6CCN(CCOCCO)CC6)cc5)cc4)c(Cl)cc3[nH]2)ccc1Cl. The van der Waals surface area contributed by atoms with Gasteiger partial charge in [-0.2, -0.15) is 4.98 Å². The van der Waals surface area contributed by atoms with Crippen LogP contribution in [0.2, 0.25) is 10.0 Å². The summed E-state index contributed by atoms with van der Waals surface area (Å²) < 4.78 is 11.1. The number of imidazole rings is 1. The normalized spacial score (nSPS) is 14.2. The molecule has 3 N–H and O–H groups in total. The molecule has 46 heavy (non-hydrogen) atoms. The molecule has 5 aromatic rings. The first kappa shape index (κ1) is 31.9. The van der Waals surface area contributed by atoms with Crippen molar-refractivity contribution in [2.75, 3.05) is 52.5 Å². The molecular weight excluding hydrogens is 629 g/mol. The lowest BCUT2D eigenvalue weighted by Gasteiger charge is -2.34. The van der Waals surface area contributed by atoms with Gasteiger partial charge in [-0.3, -0.25) is 9.80 Å². The number of H-pyrrole nitrogens is 1. The average molecular weight is 663 g/mol. The van der Waals surface area contributed by atoms with Gasteiger partial charge in [0.05, 0.1) is 46.6 Å². The molecule has 0 amide bonds. The number of aromatic nitrogens is 3. The number of fused-ring (bicyclic) bond motifs is 1. The fourth-order valence-electron chi connectivity index (χ4n) is 5.40. The number of halogens is 2. The molecule has 2 aromatic heterocycles. The van der Waals surface area contributed by atoms with Crippen LogP contribution in [0.4, 0.5) is 0 Å². The highest BCUT2D eigenvalue weighted by molar-refractivity contribution is 6.34. The molecule has 0 saturated carbocycles. The van der Waals surface area contributed by atoms with Crippen LogP contribution in [-0.2, 0) is 11.3 Å². The minimum Gasteiger partial charge on any atom is -0.478 e. The van der Waals surface area contributed by atoms with E-state index in [1.807, 2.05) is 12.1 Å². The fourth-order valence-corrected chi connectivity index (χ4v) is 5.86. The van der Waals surface area contributed by atoms with Gasteiger partial charge in [0.1, 0.15) is 5.75 Å². The molecule has 1 aliphatic heterocycles. The molecule has 12 heteroatoms. The topological polar surface area (TPSA) is 124 Å². The fraction of sp³-hybridized carbons (Fsp3) is 0.265. The monoisotopic (exact) mass is 661 g/mol. The second kappa shape index (κ2) is 14.6. The molecule has 238 valence electrons. The van der Waals surface area contributed by atoms with Crippen molar-refractivity contribution in [3.63, 3.8) is 0 Å². The first-order valence-electron chi connectivity index (χ1n) is 15.0. The van der Waals surface area contributed by atoms with Crippen molar-refractivity contribution < 1.29 is 24.5 Å². The Morgan fingerprint density at radius 3 is 2.20 bits per heavy atom. The maximum atomic E-state index is 11.4. The molecule has 6 rings (SSSR count). The van der Waals surface area contributed by atoms with Crippen LogP contribution in [-0.4, -0.2) is 93.5 Å². The average Bonchev–Trinajstić information content (AvgIpc) is 3.45. The molecule has 0 aliphatic carbocycles. The van der Waals surface area contributed by atoms with E-state index in [9.17, 15) is 9.90 Å². The number of pyridine rings is 1. The zero-order chi connectivity index (χ0) is 32.0. The second-order valence-electron chi connectivity index (χ2n) is 11.0. The van der Waals surface area contributed by atoms with E-state index in [1.54, 1.807) is 12.1 Å². The van der Waals surface area contributed by atoms with Crippen molar-refractivity contribution in [2.24, 2.45) is 0 Å². The highest BCUT2D eigenvalue weighted by Crippen LogP contribution is 2.32. The van der Waals surface area contributed by atoms with Crippen LogP contribution in [0.5, 0.6) is 11.8 Å². The van der Waals surface area contributed by atoms with Crippen molar-refractivity contribution in [3.8, 4) is 34.1 Å². The molecule has 1 aliphatic rings. The summed E-state index contributed by atoms with van der Waals surface area (Å²) in [5, 5.41) is 18.7. The number of carboxylic acid groups (broad SMARTS) is 1. The lowest BCUT2D eigenvalue weighted by Crippen LogP contribution is -2.46. The van der Waals surface area contributed by atoms with E-state index in [2.05, 4.69) is 61.1 Å². The van der Waals surface area contributed by atoms with Crippen LogP contribution in [0.15, 0.2) is 72.8 Å². The Morgan fingerprint density at radius 2 is 1.50 bits per heavy atom. The molecule has 0 bridgehead atoms. The van der Waals surface area contributed by atoms with Crippen LogP contribution < -0.4 is 4.74 Å². The number of aliphatic hydroxyl groups excluding tert-OH is 1. The van der Waals surface area contributed by atoms with Gasteiger partial charge >= 0.3 is 12.0 Å². The van der Waals surface area contributed by atoms with E-state index in [0.717, 1.165) is 56.0 Å². The van der Waals surface area contributed by atoms with E-state index in [0.29, 0.717) is 35.1 Å². The third-order valence-electron chi connectivity index (χ3n) is 7.89. The summed E-state index contributed by atoms with van der Waals surface area (Å²) in [5.41, 5.74) is 5.86. The van der Waals surface area contributed by atoms with Gasteiger partial charge in [-0.25, -0.2) is 9.78 Å². The lowest BCUT2D eigenvalue weighted by atomic mass is 10.0. The maximum absolute atomic E-state index is 11.4. The second-order valence-corrected chi connectivity index (χ2v) is 11.8. The summed E-state index contributed by atoms with van der Waals surface area (Å²) in [4.78, 5) is 28.4. The Balaban J connectivity index is 1.08.